The molecule has 0 bridgehead atoms. The number of pyridine rings is 1. The standard InChI is InChI=1S/C12H21N3O2S/c1-10(2)4-3-7-15-18(16,17)12-6-5-11(8-13)14-9-12/h5-6,9-10,15H,3-4,7-8,13H2,1-2H3. The highest BCUT2D eigenvalue weighted by molar-refractivity contribution is 7.89. The van der Waals surface area contributed by atoms with E-state index < -0.39 is 10.0 Å². The van der Waals surface area contributed by atoms with Gasteiger partial charge in [0.15, 0.2) is 0 Å². The van der Waals surface area contributed by atoms with Crippen molar-refractivity contribution in [3.05, 3.63) is 24.0 Å². The minimum atomic E-state index is -3.44. The summed E-state index contributed by atoms with van der Waals surface area (Å²) in [5.74, 6) is 0.583. The van der Waals surface area contributed by atoms with E-state index in [0.717, 1.165) is 12.8 Å². The average Bonchev–Trinajstić information content (AvgIpc) is 2.34. The molecule has 3 N–H and O–H groups in total. The number of aromatic nitrogens is 1. The molecule has 0 unspecified atom stereocenters. The molecule has 0 aliphatic carbocycles. The summed E-state index contributed by atoms with van der Waals surface area (Å²) < 4.78 is 26.4. The topological polar surface area (TPSA) is 85.1 Å². The Balaban J connectivity index is 2.57. The molecule has 102 valence electrons. The van der Waals surface area contributed by atoms with Gasteiger partial charge in [0.1, 0.15) is 4.90 Å². The van der Waals surface area contributed by atoms with Crippen molar-refractivity contribution in [1.82, 2.24) is 9.71 Å². The monoisotopic (exact) mass is 271 g/mol. The minimum Gasteiger partial charge on any atom is -0.325 e. The molecule has 18 heavy (non-hydrogen) atoms. The fourth-order valence-electron chi connectivity index (χ4n) is 1.49. The number of hydrogen-bond donors (Lipinski definition) is 2. The predicted octanol–water partition coefficient (Wildman–Crippen LogP) is 1.25. The SMILES string of the molecule is CC(C)CCCNS(=O)(=O)c1ccc(CN)nc1. The molecule has 0 amide bonds. The Hall–Kier alpha value is -0.980. The highest BCUT2D eigenvalue weighted by atomic mass is 32.2. The molecule has 0 saturated heterocycles. The molecule has 1 rings (SSSR count). The van der Waals surface area contributed by atoms with Crippen LogP contribution in [0.15, 0.2) is 23.2 Å². The summed E-state index contributed by atoms with van der Waals surface area (Å²) >= 11 is 0. The Bertz CT molecular complexity index is 455. The first-order valence-electron chi connectivity index (χ1n) is 6.10. The molecular weight excluding hydrogens is 250 g/mol. The van der Waals surface area contributed by atoms with Gasteiger partial charge >= 0.3 is 0 Å². The molecule has 6 heteroatoms. The van der Waals surface area contributed by atoms with Crippen LogP contribution in [0.4, 0.5) is 0 Å². The zero-order valence-electron chi connectivity index (χ0n) is 10.9. The van der Waals surface area contributed by atoms with Gasteiger partial charge in [-0.2, -0.15) is 0 Å². The smallest absolute Gasteiger partial charge is 0.242 e. The van der Waals surface area contributed by atoms with Crippen LogP contribution in [0.2, 0.25) is 0 Å². The van der Waals surface area contributed by atoms with Gasteiger partial charge in [0.25, 0.3) is 0 Å². The second-order valence-corrected chi connectivity index (χ2v) is 6.39. The van der Waals surface area contributed by atoms with Crippen molar-refractivity contribution < 1.29 is 8.42 Å². The number of sulfonamides is 1. The third-order valence-corrected chi connectivity index (χ3v) is 4.01. The summed E-state index contributed by atoms with van der Waals surface area (Å²) in [5, 5.41) is 0. The third-order valence-electron chi connectivity index (χ3n) is 2.57. The van der Waals surface area contributed by atoms with E-state index >= 15 is 0 Å². The molecule has 0 spiro atoms. The summed E-state index contributed by atoms with van der Waals surface area (Å²) in [5.41, 5.74) is 6.08. The van der Waals surface area contributed by atoms with Crippen LogP contribution in [0, 0.1) is 5.92 Å². The van der Waals surface area contributed by atoms with Crippen LogP contribution < -0.4 is 10.5 Å². The number of nitrogens with two attached hydrogens (primary N) is 1. The Kier molecular flexibility index (Phi) is 5.71. The van der Waals surface area contributed by atoms with E-state index in [0.29, 0.717) is 24.7 Å². The zero-order chi connectivity index (χ0) is 13.6. The van der Waals surface area contributed by atoms with Crippen LogP contribution in [0.3, 0.4) is 0 Å². The molecule has 0 saturated carbocycles. The van der Waals surface area contributed by atoms with Crippen LogP contribution >= 0.6 is 0 Å². The minimum absolute atomic E-state index is 0.184. The molecule has 0 aromatic carbocycles. The van der Waals surface area contributed by atoms with Crippen LogP contribution in [0.1, 0.15) is 32.4 Å². The lowest BCUT2D eigenvalue weighted by molar-refractivity contribution is 0.539. The molecule has 1 aromatic rings. The normalized spacial score (nSPS) is 12.0. The third kappa shape index (κ3) is 4.72. The van der Waals surface area contributed by atoms with Gasteiger partial charge in [-0.15, -0.1) is 0 Å². The van der Waals surface area contributed by atoms with Crippen molar-refractivity contribution in [1.29, 1.82) is 0 Å². The molecule has 1 aromatic heterocycles. The van der Waals surface area contributed by atoms with Gasteiger partial charge in [-0.3, -0.25) is 4.98 Å². The fraction of sp³-hybridized carbons (Fsp3) is 0.583. The van der Waals surface area contributed by atoms with E-state index in [-0.39, 0.29) is 4.90 Å². The van der Waals surface area contributed by atoms with Crippen LogP contribution in [-0.2, 0) is 16.6 Å². The van der Waals surface area contributed by atoms with Crippen molar-refractivity contribution in [2.24, 2.45) is 11.7 Å². The lowest BCUT2D eigenvalue weighted by Gasteiger charge is -2.08. The molecule has 0 radical (unpaired) electrons. The van der Waals surface area contributed by atoms with E-state index in [1.54, 1.807) is 6.07 Å². The van der Waals surface area contributed by atoms with Gasteiger partial charge in [-0.05, 0) is 30.9 Å². The Labute approximate surface area is 109 Å². The van der Waals surface area contributed by atoms with Crippen molar-refractivity contribution >= 4 is 10.0 Å². The molecule has 0 aliphatic rings. The maximum absolute atomic E-state index is 11.9. The summed E-state index contributed by atoms with van der Waals surface area (Å²) in [6.45, 7) is 5.00. The second kappa shape index (κ2) is 6.82. The largest absolute Gasteiger partial charge is 0.325 e. The van der Waals surface area contributed by atoms with Gasteiger partial charge < -0.3 is 5.73 Å². The van der Waals surface area contributed by atoms with Crippen molar-refractivity contribution in [2.75, 3.05) is 6.54 Å². The molecule has 1 heterocycles. The number of hydrogen-bond acceptors (Lipinski definition) is 4. The van der Waals surface area contributed by atoms with Crippen molar-refractivity contribution in [3.8, 4) is 0 Å². The van der Waals surface area contributed by atoms with Crippen LogP contribution in [0.5, 0.6) is 0 Å². The zero-order valence-corrected chi connectivity index (χ0v) is 11.7. The van der Waals surface area contributed by atoms with Gasteiger partial charge in [0.2, 0.25) is 10.0 Å². The number of nitrogens with one attached hydrogen (secondary N) is 1. The number of nitrogens with zero attached hydrogens (tertiary/aromatic N) is 1. The maximum atomic E-state index is 11.9. The van der Waals surface area contributed by atoms with Crippen molar-refractivity contribution in [3.63, 3.8) is 0 Å². The maximum Gasteiger partial charge on any atom is 0.242 e. The molecule has 0 aliphatic heterocycles. The second-order valence-electron chi connectivity index (χ2n) is 4.62. The molecule has 0 atom stereocenters. The average molecular weight is 271 g/mol. The Morgan fingerprint density at radius 3 is 2.61 bits per heavy atom. The predicted molar refractivity (Wildman–Crippen MR) is 71.4 cm³/mol. The van der Waals surface area contributed by atoms with E-state index in [4.69, 9.17) is 5.73 Å². The first-order chi connectivity index (χ1) is 8.45. The number of rotatable bonds is 7. The van der Waals surface area contributed by atoms with E-state index in [1.807, 2.05) is 0 Å². The molecular formula is C12H21N3O2S. The first kappa shape index (κ1) is 15.1. The molecule has 0 fully saturated rings. The summed E-state index contributed by atoms with van der Waals surface area (Å²) in [4.78, 5) is 4.16. The van der Waals surface area contributed by atoms with Gasteiger partial charge in [-0.1, -0.05) is 13.8 Å². The highest BCUT2D eigenvalue weighted by Gasteiger charge is 2.13. The van der Waals surface area contributed by atoms with E-state index in [1.165, 1.54) is 12.3 Å². The van der Waals surface area contributed by atoms with E-state index in [9.17, 15) is 8.42 Å². The van der Waals surface area contributed by atoms with Gasteiger partial charge in [0.05, 0.1) is 5.69 Å². The van der Waals surface area contributed by atoms with Gasteiger partial charge in [-0.25, -0.2) is 13.1 Å². The first-order valence-corrected chi connectivity index (χ1v) is 7.58. The fourth-order valence-corrected chi connectivity index (χ4v) is 2.51. The Morgan fingerprint density at radius 1 is 1.39 bits per heavy atom. The lowest BCUT2D eigenvalue weighted by Crippen LogP contribution is -2.25. The summed E-state index contributed by atoms with van der Waals surface area (Å²) in [6.07, 6.45) is 3.19. The van der Waals surface area contributed by atoms with E-state index in [2.05, 4.69) is 23.6 Å². The van der Waals surface area contributed by atoms with Crippen molar-refractivity contribution in [2.45, 2.75) is 38.1 Å². The van der Waals surface area contributed by atoms with Crippen LogP contribution in [-0.4, -0.2) is 19.9 Å². The molecule has 5 nitrogen and oxygen atoms in total. The quantitative estimate of drug-likeness (QED) is 0.731. The highest BCUT2D eigenvalue weighted by Crippen LogP contribution is 2.08. The lowest BCUT2D eigenvalue weighted by atomic mass is 10.1. The summed E-state index contributed by atoms with van der Waals surface area (Å²) in [6, 6.07) is 3.16. The van der Waals surface area contributed by atoms with Crippen LogP contribution in [0.25, 0.3) is 0 Å². The summed E-state index contributed by atoms with van der Waals surface area (Å²) in [7, 11) is -3.44. The Morgan fingerprint density at radius 2 is 2.11 bits per heavy atom. The van der Waals surface area contributed by atoms with Gasteiger partial charge in [0, 0.05) is 19.3 Å².